The summed E-state index contributed by atoms with van der Waals surface area (Å²) < 4.78 is 10.5. The Morgan fingerprint density at radius 2 is 1.86 bits per heavy atom. The molecular formula is C15H13N3O3S. The molecule has 0 aliphatic carbocycles. The van der Waals surface area contributed by atoms with Gasteiger partial charge in [0.25, 0.3) is 5.91 Å². The standard InChI is InChI=1S/C15H13N3O3S/c16-15(22)18-11-4-2-1-3-10(11)14(19)17-9-5-6-12-13(7-9)21-8-20-12/h1-7H,8H2,(H,17,19)(H3,16,18,22). The number of hydrogen-bond donors (Lipinski definition) is 3. The monoisotopic (exact) mass is 315 g/mol. The topological polar surface area (TPSA) is 85.6 Å². The van der Waals surface area contributed by atoms with Gasteiger partial charge in [0.15, 0.2) is 16.6 Å². The Hall–Kier alpha value is -2.80. The molecule has 3 rings (SSSR count). The molecule has 7 heteroatoms. The molecule has 112 valence electrons. The quantitative estimate of drug-likeness (QED) is 0.754. The molecule has 1 aliphatic rings. The number of nitrogens with one attached hydrogen (secondary N) is 2. The Labute approximate surface area is 132 Å². The number of carbonyl (C=O) groups is 1. The van der Waals surface area contributed by atoms with Crippen LogP contribution in [0.4, 0.5) is 11.4 Å². The summed E-state index contributed by atoms with van der Waals surface area (Å²) in [5.41, 5.74) is 7.06. The smallest absolute Gasteiger partial charge is 0.257 e. The molecule has 6 nitrogen and oxygen atoms in total. The lowest BCUT2D eigenvalue weighted by molar-refractivity contribution is 0.102. The maximum Gasteiger partial charge on any atom is 0.257 e. The van der Waals surface area contributed by atoms with Crippen molar-refractivity contribution in [2.75, 3.05) is 17.4 Å². The number of carbonyl (C=O) groups excluding carboxylic acids is 1. The molecule has 0 radical (unpaired) electrons. The minimum absolute atomic E-state index is 0.100. The van der Waals surface area contributed by atoms with E-state index in [1.165, 1.54) is 0 Å². The van der Waals surface area contributed by atoms with E-state index in [1.807, 2.05) is 0 Å². The summed E-state index contributed by atoms with van der Waals surface area (Å²) in [7, 11) is 0. The first-order valence-electron chi connectivity index (χ1n) is 6.50. The van der Waals surface area contributed by atoms with E-state index < -0.39 is 0 Å². The lowest BCUT2D eigenvalue weighted by atomic mass is 10.1. The van der Waals surface area contributed by atoms with Crippen LogP contribution in [0.1, 0.15) is 10.4 Å². The van der Waals surface area contributed by atoms with Crippen molar-refractivity contribution >= 4 is 34.6 Å². The van der Waals surface area contributed by atoms with Crippen molar-refractivity contribution in [3.63, 3.8) is 0 Å². The highest BCUT2D eigenvalue weighted by Gasteiger charge is 2.16. The molecule has 1 heterocycles. The van der Waals surface area contributed by atoms with Gasteiger partial charge in [-0.1, -0.05) is 12.1 Å². The van der Waals surface area contributed by atoms with Gasteiger partial charge in [0.1, 0.15) is 0 Å². The summed E-state index contributed by atoms with van der Waals surface area (Å²) in [6.07, 6.45) is 0. The number of amides is 1. The molecule has 0 unspecified atom stereocenters. The second-order valence-corrected chi connectivity index (χ2v) is 5.00. The first-order chi connectivity index (χ1) is 10.6. The number of rotatable bonds is 3. The largest absolute Gasteiger partial charge is 0.454 e. The normalized spacial score (nSPS) is 11.8. The summed E-state index contributed by atoms with van der Waals surface area (Å²) in [4.78, 5) is 12.4. The number of benzene rings is 2. The third-order valence-electron chi connectivity index (χ3n) is 3.06. The minimum Gasteiger partial charge on any atom is -0.454 e. The number of thiocarbonyl (C=S) groups is 1. The van der Waals surface area contributed by atoms with Crippen LogP contribution in [0.15, 0.2) is 42.5 Å². The average molecular weight is 315 g/mol. The molecular weight excluding hydrogens is 302 g/mol. The van der Waals surface area contributed by atoms with Gasteiger partial charge in [-0.25, -0.2) is 0 Å². The first kappa shape index (κ1) is 14.2. The second kappa shape index (κ2) is 5.90. The highest BCUT2D eigenvalue weighted by Crippen LogP contribution is 2.34. The minimum atomic E-state index is -0.279. The summed E-state index contributed by atoms with van der Waals surface area (Å²) in [6.45, 7) is 0.188. The van der Waals surface area contributed by atoms with Crippen LogP contribution in [-0.4, -0.2) is 17.8 Å². The summed E-state index contributed by atoms with van der Waals surface area (Å²) in [5.74, 6) is 0.985. The Kier molecular flexibility index (Phi) is 3.80. The van der Waals surface area contributed by atoms with Gasteiger partial charge in [0.05, 0.1) is 11.3 Å². The van der Waals surface area contributed by atoms with Crippen molar-refractivity contribution in [3.05, 3.63) is 48.0 Å². The number of ether oxygens (including phenoxy) is 2. The molecule has 0 aromatic heterocycles. The van der Waals surface area contributed by atoms with Gasteiger partial charge in [0.2, 0.25) is 6.79 Å². The number of hydrogen-bond acceptors (Lipinski definition) is 4. The Balaban J connectivity index is 1.81. The van der Waals surface area contributed by atoms with Crippen LogP contribution in [0.25, 0.3) is 0 Å². The molecule has 0 atom stereocenters. The van der Waals surface area contributed by atoms with Gasteiger partial charge < -0.3 is 25.8 Å². The second-order valence-electron chi connectivity index (χ2n) is 4.56. The number of para-hydroxylation sites is 1. The molecule has 0 spiro atoms. The van der Waals surface area contributed by atoms with Gasteiger partial charge in [-0.05, 0) is 36.5 Å². The lowest BCUT2D eigenvalue weighted by Gasteiger charge is -2.11. The van der Waals surface area contributed by atoms with Crippen LogP contribution < -0.4 is 25.8 Å². The van der Waals surface area contributed by atoms with Crippen molar-refractivity contribution in [2.45, 2.75) is 0 Å². The van der Waals surface area contributed by atoms with Crippen LogP contribution in [0.2, 0.25) is 0 Å². The first-order valence-corrected chi connectivity index (χ1v) is 6.91. The maximum atomic E-state index is 12.4. The van der Waals surface area contributed by atoms with E-state index in [0.717, 1.165) is 0 Å². The van der Waals surface area contributed by atoms with Crippen molar-refractivity contribution in [2.24, 2.45) is 5.73 Å². The van der Waals surface area contributed by atoms with Crippen LogP contribution in [0.3, 0.4) is 0 Å². The molecule has 22 heavy (non-hydrogen) atoms. The van der Waals surface area contributed by atoms with Gasteiger partial charge in [-0.15, -0.1) is 0 Å². The SMILES string of the molecule is NC(=S)Nc1ccccc1C(=O)Nc1ccc2c(c1)OCO2. The van der Waals surface area contributed by atoms with Crippen LogP contribution in [0, 0.1) is 0 Å². The highest BCUT2D eigenvalue weighted by molar-refractivity contribution is 7.80. The third kappa shape index (κ3) is 2.94. The van der Waals surface area contributed by atoms with Gasteiger partial charge in [0, 0.05) is 11.8 Å². The predicted molar refractivity (Wildman–Crippen MR) is 87.4 cm³/mol. The van der Waals surface area contributed by atoms with E-state index >= 15 is 0 Å². The van der Waals surface area contributed by atoms with Crippen molar-refractivity contribution in [1.29, 1.82) is 0 Å². The highest BCUT2D eigenvalue weighted by atomic mass is 32.1. The molecule has 0 fully saturated rings. The molecule has 0 saturated heterocycles. The van der Waals surface area contributed by atoms with E-state index in [-0.39, 0.29) is 17.8 Å². The lowest BCUT2D eigenvalue weighted by Crippen LogP contribution is -2.22. The Morgan fingerprint density at radius 3 is 2.68 bits per heavy atom. The molecule has 0 saturated carbocycles. The fourth-order valence-electron chi connectivity index (χ4n) is 2.10. The van der Waals surface area contributed by atoms with Crippen LogP contribution in [0.5, 0.6) is 11.5 Å². The molecule has 4 N–H and O–H groups in total. The summed E-state index contributed by atoms with van der Waals surface area (Å²) in [6, 6.07) is 12.2. The summed E-state index contributed by atoms with van der Waals surface area (Å²) in [5, 5.41) is 5.69. The van der Waals surface area contributed by atoms with E-state index in [1.54, 1.807) is 42.5 Å². The number of nitrogens with two attached hydrogens (primary N) is 1. The zero-order valence-corrected chi connectivity index (χ0v) is 12.3. The van der Waals surface area contributed by atoms with Gasteiger partial charge >= 0.3 is 0 Å². The van der Waals surface area contributed by atoms with E-state index in [0.29, 0.717) is 28.4 Å². The zero-order chi connectivity index (χ0) is 15.5. The maximum absolute atomic E-state index is 12.4. The molecule has 1 aliphatic heterocycles. The Morgan fingerprint density at radius 1 is 1.09 bits per heavy atom. The van der Waals surface area contributed by atoms with E-state index in [2.05, 4.69) is 10.6 Å². The molecule has 1 amide bonds. The average Bonchev–Trinajstić information content (AvgIpc) is 2.94. The predicted octanol–water partition coefficient (Wildman–Crippen LogP) is 2.32. The van der Waals surface area contributed by atoms with Gasteiger partial charge in [-0.3, -0.25) is 4.79 Å². The number of anilines is 2. The molecule has 0 bridgehead atoms. The molecule has 2 aromatic rings. The molecule has 2 aromatic carbocycles. The number of fused-ring (bicyclic) bond motifs is 1. The summed E-state index contributed by atoms with van der Waals surface area (Å²) >= 11 is 4.81. The van der Waals surface area contributed by atoms with Crippen molar-refractivity contribution in [1.82, 2.24) is 0 Å². The fourth-order valence-corrected chi connectivity index (χ4v) is 2.21. The van der Waals surface area contributed by atoms with Crippen molar-refractivity contribution in [3.8, 4) is 11.5 Å². The third-order valence-corrected chi connectivity index (χ3v) is 3.16. The van der Waals surface area contributed by atoms with Gasteiger partial charge in [-0.2, -0.15) is 0 Å². The van der Waals surface area contributed by atoms with E-state index in [4.69, 9.17) is 27.4 Å². The van der Waals surface area contributed by atoms with Crippen molar-refractivity contribution < 1.29 is 14.3 Å². The van der Waals surface area contributed by atoms with Crippen LogP contribution in [-0.2, 0) is 0 Å². The Bertz CT molecular complexity index is 749. The van der Waals surface area contributed by atoms with E-state index in [9.17, 15) is 4.79 Å². The fraction of sp³-hybridized carbons (Fsp3) is 0.0667. The zero-order valence-electron chi connectivity index (χ0n) is 11.5. The van der Waals surface area contributed by atoms with Crippen LogP contribution >= 0.6 is 12.2 Å².